The van der Waals surface area contributed by atoms with Gasteiger partial charge in [0.1, 0.15) is 0 Å². The van der Waals surface area contributed by atoms with Crippen LogP contribution in [0, 0.1) is 24.2 Å². The molecule has 162 valence electrons. The number of aliphatic hydroxyl groups is 1. The summed E-state index contributed by atoms with van der Waals surface area (Å²) in [6, 6.07) is 4.90. The number of aliphatic hydroxyl groups excluding tert-OH is 1. The van der Waals surface area contributed by atoms with Gasteiger partial charge >= 0.3 is 0 Å². The molecule has 2 N–H and O–H groups in total. The summed E-state index contributed by atoms with van der Waals surface area (Å²) in [4.78, 5) is 12.0. The number of piperidine rings is 1. The molecule has 4 aliphatic rings. The number of fused-ring (bicyclic) bond motifs is 5. The lowest BCUT2D eigenvalue weighted by molar-refractivity contribution is -0.116. The van der Waals surface area contributed by atoms with E-state index in [1.165, 1.54) is 23.1 Å². The molecule has 3 nitrogen and oxygen atoms in total. The molecule has 30 heavy (non-hydrogen) atoms. The zero-order chi connectivity index (χ0) is 21.2. The van der Waals surface area contributed by atoms with E-state index in [4.69, 9.17) is 0 Å². The van der Waals surface area contributed by atoms with Crippen LogP contribution in [0.1, 0.15) is 87.0 Å². The fourth-order valence-corrected chi connectivity index (χ4v) is 7.40. The van der Waals surface area contributed by atoms with Gasteiger partial charge in [0.2, 0.25) is 0 Å². The molecule has 1 heterocycles. The highest BCUT2D eigenvalue weighted by Crippen LogP contribution is 2.60. The molecule has 0 amide bonds. The first-order chi connectivity index (χ1) is 14.3. The number of hydrogen-bond donors (Lipinski definition) is 2. The van der Waals surface area contributed by atoms with Crippen LogP contribution >= 0.6 is 0 Å². The Morgan fingerprint density at radius 3 is 2.83 bits per heavy atom. The smallest absolute Gasteiger partial charge is 0.155 e. The number of carbonyl (C=O) groups is 1. The fourth-order valence-electron chi connectivity index (χ4n) is 7.40. The van der Waals surface area contributed by atoms with Crippen molar-refractivity contribution in [2.75, 3.05) is 6.54 Å². The minimum Gasteiger partial charge on any atom is -0.391 e. The van der Waals surface area contributed by atoms with E-state index in [0.717, 1.165) is 32.2 Å². The summed E-state index contributed by atoms with van der Waals surface area (Å²) in [6.45, 7) is 10.2. The number of hydrogen-bond acceptors (Lipinski definition) is 3. The first-order valence-corrected chi connectivity index (χ1v) is 12.1. The number of carbonyl (C=O) groups excluding carboxylic acids is 1. The second kappa shape index (κ2) is 7.31. The number of benzene rings is 1. The molecular formula is C27H37NO2. The predicted octanol–water partition coefficient (Wildman–Crippen LogP) is 4.80. The van der Waals surface area contributed by atoms with Crippen molar-refractivity contribution in [1.82, 2.24) is 5.32 Å². The van der Waals surface area contributed by atoms with E-state index >= 15 is 0 Å². The highest BCUT2D eigenvalue weighted by Gasteiger charge is 2.50. The second-order valence-electron chi connectivity index (χ2n) is 11.0. The second-order valence-corrected chi connectivity index (χ2v) is 11.0. The molecule has 3 heteroatoms. The van der Waals surface area contributed by atoms with Crippen LogP contribution < -0.4 is 5.32 Å². The molecule has 0 spiro atoms. The van der Waals surface area contributed by atoms with E-state index in [1.54, 1.807) is 11.1 Å². The molecule has 0 aromatic heterocycles. The molecule has 1 aromatic rings. The third-order valence-corrected chi connectivity index (χ3v) is 9.28. The summed E-state index contributed by atoms with van der Waals surface area (Å²) in [5, 5.41) is 14.3. The first-order valence-electron chi connectivity index (χ1n) is 12.1. The van der Waals surface area contributed by atoms with Crippen molar-refractivity contribution in [1.29, 1.82) is 0 Å². The fraction of sp³-hybridized carbons (Fsp3) is 0.667. The van der Waals surface area contributed by atoms with Crippen molar-refractivity contribution < 1.29 is 9.90 Å². The van der Waals surface area contributed by atoms with E-state index in [2.05, 4.69) is 45.1 Å². The molecule has 0 radical (unpaired) electrons. The predicted molar refractivity (Wildman–Crippen MR) is 121 cm³/mol. The van der Waals surface area contributed by atoms with Crippen molar-refractivity contribution in [3.8, 4) is 0 Å². The molecule has 5 rings (SSSR count). The Kier molecular flexibility index (Phi) is 4.98. The van der Waals surface area contributed by atoms with Gasteiger partial charge in [-0.05, 0) is 103 Å². The lowest BCUT2D eigenvalue weighted by Crippen LogP contribution is -2.50. The van der Waals surface area contributed by atoms with Gasteiger partial charge in [0.25, 0.3) is 0 Å². The minimum atomic E-state index is -0.273. The maximum atomic E-state index is 12.0. The number of ketones is 1. The zero-order valence-electron chi connectivity index (χ0n) is 19.0. The molecule has 7 atom stereocenters. The SMILES string of the molecule is Cc1c([C@H](C)[C@@H]2NC[C@@H](C)C[C@H]2O)ccc2c1C[C@H]1[C@H]2CCC2=CC(=O)CC[C@@]21C. The van der Waals surface area contributed by atoms with Gasteiger partial charge in [0.05, 0.1) is 6.10 Å². The monoisotopic (exact) mass is 407 g/mol. The molecule has 3 aliphatic carbocycles. The maximum Gasteiger partial charge on any atom is 0.155 e. The summed E-state index contributed by atoms with van der Waals surface area (Å²) in [7, 11) is 0. The highest BCUT2D eigenvalue weighted by atomic mass is 16.3. The Balaban J connectivity index is 1.46. The third kappa shape index (κ3) is 3.04. The van der Waals surface area contributed by atoms with Crippen LogP contribution in [0.3, 0.4) is 0 Å². The van der Waals surface area contributed by atoms with Crippen LogP contribution in [0.5, 0.6) is 0 Å². The Bertz CT molecular complexity index is 902. The third-order valence-electron chi connectivity index (χ3n) is 9.28. The molecule has 0 bridgehead atoms. The van der Waals surface area contributed by atoms with Gasteiger partial charge in [-0.1, -0.05) is 38.5 Å². The maximum absolute atomic E-state index is 12.0. The summed E-state index contributed by atoms with van der Waals surface area (Å²) >= 11 is 0. The van der Waals surface area contributed by atoms with E-state index in [0.29, 0.717) is 35.9 Å². The Morgan fingerprint density at radius 2 is 2.07 bits per heavy atom. The molecule has 2 fully saturated rings. The Morgan fingerprint density at radius 1 is 1.27 bits per heavy atom. The molecule has 1 aromatic carbocycles. The van der Waals surface area contributed by atoms with Gasteiger partial charge < -0.3 is 10.4 Å². The normalized spacial score (nSPS) is 39.0. The topological polar surface area (TPSA) is 49.3 Å². The first kappa shape index (κ1) is 20.5. The van der Waals surface area contributed by atoms with Gasteiger partial charge in [-0.3, -0.25) is 4.79 Å². The lowest BCUT2D eigenvalue weighted by atomic mass is 9.57. The van der Waals surface area contributed by atoms with Crippen LogP contribution in [0.25, 0.3) is 0 Å². The van der Waals surface area contributed by atoms with Gasteiger partial charge in [-0.25, -0.2) is 0 Å². The summed E-state index contributed by atoms with van der Waals surface area (Å²) in [5.74, 6) is 2.44. The van der Waals surface area contributed by atoms with Crippen molar-refractivity contribution in [3.05, 3.63) is 46.0 Å². The van der Waals surface area contributed by atoms with Crippen LogP contribution in [0.15, 0.2) is 23.8 Å². The summed E-state index contributed by atoms with van der Waals surface area (Å²) in [6.07, 6.45) is 7.74. The summed E-state index contributed by atoms with van der Waals surface area (Å²) in [5.41, 5.74) is 7.58. The van der Waals surface area contributed by atoms with E-state index in [1.807, 2.05) is 6.08 Å². The van der Waals surface area contributed by atoms with Crippen molar-refractivity contribution in [2.45, 2.75) is 90.2 Å². The van der Waals surface area contributed by atoms with E-state index < -0.39 is 0 Å². The number of allylic oxidation sites excluding steroid dienone is 2. The largest absolute Gasteiger partial charge is 0.391 e. The van der Waals surface area contributed by atoms with Crippen LogP contribution in [-0.2, 0) is 11.2 Å². The molecule has 0 unspecified atom stereocenters. The van der Waals surface area contributed by atoms with Crippen LogP contribution in [0.2, 0.25) is 0 Å². The van der Waals surface area contributed by atoms with Crippen molar-refractivity contribution in [3.63, 3.8) is 0 Å². The van der Waals surface area contributed by atoms with E-state index in [-0.39, 0.29) is 17.6 Å². The zero-order valence-corrected chi connectivity index (χ0v) is 19.0. The van der Waals surface area contributed by atoms with Gasteiger partial charge in [-0.15, -0.1) is 0 Å². The van der Waals surface area contributed by atoms with Gasteiger partial charge in [0, 0.05) is 12.5 Å². The average molecular weight is 408 g/mol. The molecular weight excluding hydrogens is 370 g/mol. The highest BCUT2D eigenvalue weighted by molar-refractivity contribution is 5.91. The molecule has 1 aliphatic heterocycles. The van der Waals surface area contributed by atoms with Crippen molar-refractivity contribution in [2.24, 2.45) is 17.3 Å². The standard InChI is InChI=1S/C27H37NO2/c1-15-11-25(30)26(28-14-15)17(3)20-7-8-21-22-6-5-18-12-19(29)9-10-27(18,4)24(22)13-23(21)16(20)2/h7-8,12,15,17,22,24-26,28,30H,5-6,9-11,13-14H2,1-4H3/t15-,17-,22-,24-,25+,26-,27-/m0/s1. The van der Waals surface area contributed by atoms with Gasteiger partial charge in [0.15, 0.2) is 5.78 Å². The number of rotatable bonds is 2. The lowest BCUT2D eigenvalue weighted by Gasteiger charge is -2.47. The minimum absolute atomic E-state index is 0.137. The van der Waals surface area contributed by atoms with Gasteiger partial charge in [-0.2, -0.15) is 0 Å². The Hall–Kier alpha value is -1.45. The summed E-state index contributed by atoms with van der Waals surface area (Å²) < 4.78 is 0. The Labute approximate surface area is 181 Å². The number of nitrogens with one attached hydrogen (secondary N) is 1. The van der Waals surface area contributed by atoms with Crippen molar-refractivity contribution >= 4 is 5.78 Å². The molecule has 1 saturated carbocycles. The quantitative estimate of drug-likeness (QED) is 0.740. The van der Waals surface area contributed by atoms with Crippen LogP contribution in [-0.4, -0.2) is 29.6 Å². The average Bonchev–Trinajstić information content (AvgIpc) is 3.09. The van der Waals surface area contributed by atoms with Crippen LogP contribution in [0.4, 0.5) is 0 Å². The molecule has 1 saturated heterocycles. The van der Waals surface area contributed by atoms with E-state index in [9.17, 15) is 9.90 Å².